The Hall–Kier alpha value is -0.190. The zero-order chi connectivity index (χ0) is 11.5. The summed E-state index contributed by atoms with van der Waals surface area (Å²) in [5, 5.41) is 4.12. The van der Waals surface area contributed by atoms with Crippen molar-refractivity contribution in [2.24, 2.45) is 0 Å². The molecule has 2 aromatic rings. The largest absolute Gasteiger partial charge is 0.207 e. The number of halogens is 3. The Balaban J connectivity index is 2.24. The predicted molar refractivity (Wildman–Crippen MR) is 73.8 cm³/mol. The van der Waals surface area contributed by atoms with Crippen molar-refractivity contribution in [3.63, 3.8) is 0 Å². The molecule has 0 nitrogen and oxygen atoms in total. The van der Waals surface area contributed by atoms with Crippen LogP contribution in [0.15, 0.2) is 39.5 Å². The minimum Gasteiger partial charge on any atom is -0.207 e. The van der Waals surface area contributed by atoms with E-state index in [4.69, 9.17) is 0 Å². The molecule has 0 fully saturated rings. The first-order chi connectivity index (χ1) is 7.68. The van der Waals surface area contributed by atoms with E-state index in [9.17, 15) is 4.39 Å². The molecule has 0 spiro atoms. The summed E-state index contributed by atoms with van der Waals surface area (Å²) in [4.78, 5) is -0.00215. The maximum Gasteiger partial charge on any atom is 0.128 e. The lowest BCUT2D eigenvalue weighted by Crippen LogP contribution is -1.99. The molecule has 0 aliphatic heterocycles. The van der Waals surface area contributed by atoms with Gasteiger partial charge in [0.25, 0.3) is 0 Å². The van der Waals surface area contributed by atoms with Crippen LogP contribution >= 0.6 is 43.2 Å². The molecular weight excluding hydrogens is 355 g/mol. The first-order valence-corrected chi connectivity index (χ1v) is 7.42. The van der Waals surface area contributed by atoms with Gasteiger partial charge in [-0.3, -0.25) is 0 Å². The molecule has 1 aromatic heterocycles. The van der Waals surface area contributed by atoms with Crippen LogP contribution in [0.2, 0.25) is 0 Å². The third-order valence-electron chi connectivity index (χ3n) is 2.31. The number of rotatable bonds is 3. The van der Waals surface area contributed by atoms with E-state index >= 15 is 0 Å². The summed E-state index contributed by atoms with van der Waals surface area (Å²) < 4.78 is 14.5. The van der Waals surface area contributed by atoms with E-state index in [2.05, 4.69) is 43.3 Å². The number of thiophene rings is 1. The molecule has 0 aliphatic rings. The minimum atomic E-state index is -0.175. The molecule has 84 valence electrons. The molecule has 16 heavy (non-hydrogen) atoms. The van der Waals surface area contributed by atoms with Crippen LogP contribution < -0.4 is 0 Å². The van der Waals surface area contributed by atoms with Crippen LogP contribution in [0, 0.1) is 5.82 Å². The summed E-state index contributed by atoms with van der Waals surface area (Å²) in [5.74, 6) is -0.175. The second-order valence-electron chi connectivity index (χ2n) is 3.44. The van der Waals surface area contributed by atoms with Crippen LogP contribution in [0.4, 0.5) is 4.39 Å². The molecule has 0 saturated heterocycles. The van der Waals surface area contributed by atoms with Crippen molar-refractivity contribution in [2.45, 2.75) is 11.2 Å². The van der Waals surface area contributed by atoms with E-state index in [0.29, 0.717) is 5.56 Å². The maximum absolute atomic E-state index is 13.7. The Labute approximate surface area is 115 Å². The van der Waals surface area contributed by atoms with Crippen LogP contribution in [0.1, 0.15) is 16.0 Å². The zero-order valence-electron chi connectivity index (χ0n) is 8.29. The average molecular weight is 364 g/mol. The van der Waals surface area contributed by atoms with E-state index in [1.54, 1.807) is 17.4 Å². The van der Waals surface area contributed by atoms with Gasteiger partial charge in [0.1, 0.15) is 5.82 Å². The maximum atomic E-state index is 13.7. The highest BCUT2D eigenvalue weighted by molar-refractivity contribution is 9.11. The normalized spacial score (nSPS) is 12.7. The van der Waals surface area contributed by atoms with E-state index < -0.39 is 0 Å². The molecule has 1 heterocycles. The quantitative estimate of drug-likeness (QED) is 0.646. The fourth-order valence-corrected chi connectivity index (χ4v) is 3.97. The molecule has 0 aliphatic carbocycles. The molecule has 0 bridgehead atoms. The smallest absolute Gasteiger partial charge is 0.128 e. The van der Waals surface area contributed by atoms with Crippen LogP contribution in [-0.4, -0.2) is 0 Å². The lowest BCUT2D eigenvalue weighted by atomic mass is 10.1. The van der Waals surface area contributed by atoms with Gasteiger partial charge >= 0.3 is 0 Å². The first kappa shape index (κ1) is 12.3. The van der Waals surface area contributed by atoms with Gasteiger partial charge in [0, 0.05) is 14.9 Å². The number of alkyl halides is 1. The van der Waals surface area contributed by atoms with Crippen LogP contribution in [0.25, 0.3) is 0 Å². The van der Waals surface area contributed by atoms with Crippen molar-refractivity contribution in [3.05, 3.63) is 56.4 Å². The Morgan fingerprint density at radius 1 is 1.31 bits per heavy atom. The molecular formula is C12H9Br2FS. The molecule has 2 rings (SSSR count). The van der Waals surface area contributed by atoms with E-state index in [-0.39, 0.29) is 10.6 Å². The third kappa shape index (κ3) is 2.73. The highest BCUT2D eigenvalue weighted by Gasteiger charge is 2.16. The molecule has 1 atom stereocenters. The van der Waals surface area contributed by atoms with Crippen molar-refractivity contribution >= 4 is 43.2 Å². The van der Waals surface area contributed by atoms with E-state index in [0.717, 1.165) is 10.9 Å². The standard InChI is InChI=1S/C12H9Br2FS/c13-9-2-1-3-11(15)12(9)10(14)6-8-4-5-16-7-8/h1-5,7,10H,6H2. The Morgan fingerprint density at radius 3 is 2.75 bits per heavy atom. The molecule has 0 N–H and O–H groups in total. The van der Waals surface area contributed by atoms with Gasteiger partial charge in [0.05, 0.1) is 0 Å². The van der Waals surface area contributed by atoms with Gasteiger partial charge in [-0.05, 0) is 40.9 Å². The lowest BCUT2D eigenvalue weighted by Gasteiger charge is -2.12. The second-order valence-corrected chi connectivity index (χ2v) is 6.18. The van der Waals surface area contributed by atoms with Crippen LogP contribution in [-0.2, 0) is 6.42 Å². The van der Waals surface area contributed by atoms with Gasteiger partial charge in [0.15, 0.2) is 0 Å². The summed E-state index contributed by atoms with van der Waals surface area (Å²) in [6.45, 7) is 0. The van der Waals surface area contributed by atoms with E-state index in [1.165, 1.54) is 11.6 Å². The summed E-state index contributed by atoms with van der Waals surface area (Å²) in [6.07, 6.45) is 0.795. The monoisotopic (exact) mass is 362 g/mol. The minimum absolute atomic E-state index is 0.00215. The van der Waals surface area contributed by atoms with Gasteiger partial charge < -0.3 is 0 Å². The summed E-state index contributed by atoms with van der Waals surface area (Å²) in [7, 11) is 0. The Morgan fingerprint density at radius 2 is 2.12 bits per heavy atom. The zero-order valence-corrected chi connectivity index (χ0v) is 12.3. The fourth-order valence-electron chi connectivity index (χ4n) is 1.53. The van der Waals surface area contributed by atoms with Crippen molar-refractivity contribution < 1.29 is 4.39 Å². The second kappa shape index (κ2) is 5.43. The summed E-state index contributed by atoms with van der Waals surface area (Å²) in [5.41, 5.74) is 1.91. The van der Waals surface area contributed by atoms with Gasteiger partial charge in [0.2, 0.25) is 0 Å². The average Bonchev–Trinajstić information content (AvgIpc) is 2.70. The Kier molecular flexibility index (Phi) is 4.16. The Bertz CT molecular complexity index is 448. The number of benzene rings is 1. The van der Waals surface area contributed by atoms with Crippen LogP contribution in [0.3, 0.4) is 0 Å². The SMILES string of the molecule is Fc1cccc(Br)c1C(Br)Cc1ccsc1. The van der Waals surface area contributed by atoms with Gasteiger partial charge in [-0.25, -0.2) is 4.39 Å². The number of hydrogen-bond acceptors (Lipinski definition) is 1. The van der Waals surface area contributed by atoms with Crippen molar-refractivity contribution in [3.8, 4) is 0 Å². The van der Waals surface area contributed by atoms with Crippen molar-refractivity contribution in [2.75, 3.05) is 0 Å². The van der Waals surface area contributed by atoms with Gasteiger partial charge in [-0.15, -0.1) is 0 Å². The summed E-state index contributed by atoms with van der Waals surface area (Å²) in [6, 6.07) is 7.11. The number of hydrogen-bond donors (Lipinski definition) is 0. The van der Waals surface area contributed by atoms with E-state index in [1.807, 2.05) is 11.4 Å². The first-order valence-electron chi connectivity index (χ1n) is 4.77. The summed E-state index contributed by atoms with van der Waals surface area (Å²) >= 11 is 8.59. The van der Waals surface area contributed by atoms with Crippen LogP contribution in [0.5, 0.6) is 0 Å². The lowest BCUT2D eigenvalue weighted by molar-refractivity contribution is 0.606. The van der Waals surface area contributed by atoms with Crippen molar-refractivity contribution in [1.82, 2.24) is 0 Å². The molecule has 4 heteroatoms. The molecule has 0 saturated carbocycles. The molecule has 0 radical (unpaired) electrons. The highest BCUT2D eigenvalue weighted by Crippen LogP contribution is 2.34. The molecule has 1 aromatic carbocycles. The third-order valence-corrected chi connectivity index (χ3v) is 4.51. The van der Waals surface area contributed by atoms with Crippen molar-refractivity contribution in [1.29, 1.82) is 0 Å². The van der Waals surface area contributed by atoms with Gasteiger partial charge in [-0.2, -0.15) is 11.3 Å². The molecule has 0 amide bonds. The molecule has 1 unspecified atom stereocenters. The highest BCUT2D eigenvalue weighted by atomic mass is 79.9. The fraction of sp³-hybridized carbons (Fsp3) is 0.167. The predicted octanol–water partition coefficient (Wildman–Crippen LogP) is 5.33. The van der Waals surface area contributed by atoms with Gasteiger partial charge in [-0.1, -0.05) is 37.9 Å². The topological polar surface area (TPSA) is 0 Å².